The molecule has 0 unspecified atom stereocenters. The Morgan fingerprint density at radius 1 is 1.28 bits per heavy atom. The second-order valence-electron chi connectivity index (χ2n) is 7.82. The van der Waals surface area contributed by atoms with E-state index in [4.69, 9.17) is 9.47 Å². The molecule has 3 rings (SSSR count). The number of carbonyl (C=O) groups excluding carboxylic acids is 2. The molecule has 0 saturated heterocycles. The first kappa shape index (κ1) is 23.6. The Kier molecular flexibility index (Phi) is 6.75. The molecule has 0 aliphatic carbocycles. The van der Waals surface area contributed by atoms with E-state index in [1.165, 1.54) is 24.9 Å². The van der Waals surface area contributed by atoms with Crippen molar-refractivity contribution < 1.29 is 33.0 Å². The van der Waals surface area contributed by atoms with Gasteiger partial charge in [-0.15, -0.1) is 0 Å². The molecule has 2 heterocycles. The highest BCUT2D eigenvalue weighted by Gasteiger charge is 2.48. The minimum Gasteiger partial charge on any atom is -0.503 e. The van der Waals surface area contributed by atoms with Gasteiger partial charge < -0.3 is 24.5 Å². The fourth-order valence-corrected chi connectivity index (χ4v) is 3.88. The highest BCUT2D eigenvalue weighted by Crippen LogP contribution is 2.39. The number of benzene rings is 1. The molecule has 0 saturated carbocycles. The smallest absolute Gasteiger partial charge is 0.257 e. The Morgan fingerprint density at radius 2 is 1.94 bits per heavy atom. The van der Waals surface area contributed by atoms with Crippen LogP contribution in [0.4, 0.5) is 8.78 Å². The van der Waals surface area contributed by atoms with Crippen LogP contribution in [0.3, 0.4) is 0 Å². The number of aromatic hydroxyl groups is 1. The third-order valence-corrected chi connectivity index (χ3v) is 5.91. The molecule has 2 N–H and O–H groups in total. The number of amides is 1. The second kappa shape index (κ2) is 9.17. The second-order valence-corrected chi connectivity index (χ2v) is 7.82. The summed E-state index contributed by atoms with van der Waals surface area (Å²) >= 11 is 0. The summed E-state index contributed by atoms with van der Waals surface area (Å²) < 4.78 is 39.5. The normalized spacial score (nSPS) is 20.2. The number of pyridine rings is 1. The van der Waals surface area contributed by atoms with E-state index in [1.54, 1.807) is 6.92 Å². The summed E-state index contributed by atoms with van der Waals surface area (Å²) in [6.45, 7) is 1.52. The van der Waals surface area contributed by atoms with Gasteiger partial charge >= 0.3 is 0 Å². The molecule has 8 nitrogen and oxygen atoms in total. The molecular formula is C22H24F2N2O6. The van der Waals surface area contributed by atoms with E-state index < -0.39 is 58.1 Å². The van der Waals surface area contributed by atoms with Crippen LogP contribution in [0, 0.1) is 17.0 Å². The highest BCUT2D eigenvalue weighted by molar-refractivity contribution is 6.03. The number of halogens is 2. The Bertz CT molecular complexity index is 1100. The van der Waals surface area contributed by atoms with Crippen LogP contribution in [0.2, 0.25) is 0 Å². The summed E-state index contributed by atoms with van der Waals surface area (Å²) in [5, 5.41) is 12.8. The number of ketones is 1. The molecule has 10 heteroatoms. The Morgan fingerprint density at radius 3 is 2.53 bits per heavy atom. The lowest BCUT2D eigenvalue weighted by Crippen LogP contribution is -2.50. The van der Waals surface area contributed by atoms with E-state index in [0.29, 0.717) is 6.42 Å². The third-order valence-electron chi connectivity index (χ3n) is 5.91. The van der Waals surface area contributed by atoms with Crippen LogP contribution < -0.4 is 10.7 Å². The summed E-state index contributed by atoms with van der Waals surface area (Å²) in [6, 6.07) is 3.27. The number of carbonyl (C=O) groups is 2. The fourth-order valence-electron chi connectivity index (χ4n) is 3.88. The van der Waals surface area contributed by atoms with Crippen LogP contribution in [0.1, 0.15) is 39.8 Å². The van der Waals surface area contributed by atoms with E-state index in [2.05, 4.69) is 5.32 Å². The van der Waals surface area contributed by atoms with Crippen molar-refractivity contribution in [3.05, 3.63) is 63.1 Å². The molecule has 0 bridgehead atoms. The number of methoxy groups -OCH3 is 2. The molecule has 0 radical (unpaired) electrons. The third kappa shape index (κ3) is 4.03. The maximum absolute atomic E-state index is 13.8. The summed E-state index contributed by atoms with van der Waals surface area (Å²) in [6.07, 6.45) is 0.831. The minimum absolute atomic E-state index is 0.0911. The molecule has 0 spiro atoms. The van der Waals surface area contributed by atoms with Crippen molar-refractivity contribution in [3.8, 4) is 5.75 Å². The zero-order valence-corrected chi connectivity index (χ0v) is 17.9. The molecule has 32 heavy (non-hydrogen) atoms. The van der Waals surface area contributed by atoms with E-state index in [1.807, 2.05) is 0 Å². The van der Waals surface area contributed by atoms with Gasteiger partial charge in [0.1, 0.15) is 22.9 Å². The van der Waals surface area contributed by atoms with Gasteiger partial charge in [0.25, 0.3) is 5.91 Å². The van der Waals surface area contributed by atoms with Gasteiger partial charge in [0.15, 0.2) is 11.5 Å². The van der Waals surface area contributed by atoms with Gasteiger partial charge in [0, 0.05) is 39.1 Å². The molecule has 0 fully saturated rings. The van der Waals surface area contributed by atoms with E-state index in [-0.39, 0.29) is 24.4 Å². The lowest BCUT2D eigenvalue weighted by atomic mass is 9.73. The number of hydrogen-bond acceptors (Lipinski definition) is 6. The van der Waals surface area contributed by atoms with Gasteiger partial charge in [0.05, 0.1) is 18.1 Å². The number of rotatable bonds is 7. The SMILES string of the molecule is COCC[C@@]1(C)C(=O)c2c(O)c(=O)c(C(=O)NCc3c(F)cccc3F)cn2C[C@@H]1OC. The molecule has 1 aromatic carbocycles. The van der Waals surface area contributed by atoms with E-state index >= 15 is 0 Å². The molecule has 172 valence electrons. The van der Waals surface area contributed by atoms with Crippen LogP contribution in [-0.2, 0) is 22.6 Å². The molecule has 2 atom stereocenters. The Labute approximate surface area is 182 Å². The van der Waals surface area contributed by atoms with Crippen molar-refractivity contribution in [2.24, 2.45) is 5.41 Å². The Hall–Kier alpha value is -3.11. The molecular weight excluding hydrogens is 426 g/mol. The average Bonchev–Trinajstić information content (AvgIpc) is 2.76. The largest absolute Gasteiger partial charge is 0.503 e. The quantitative estimate of drug-likeness (QED) is 0.669. The van der Waals surface area contributed by atoms with Gasteiger partial charge in [-0.05, 0) is 25.5 Å². The van der Waals surface area contributed by atoms with Crippen molar-refractivity contribution in [2.45, 2.75) is 32.5 Å². The maximum atomic E-state index is 13.8. The lowest BCUT2D eigenvalue weighted by Gasteiger charge is -2.40. The average molecular weight is 450 g/mol. The summed E-state index contributed by atoms with van der Waals surface area (Å²) in [5.74, 6) is -4.02. The first-order valence-corrected chi connectivity index (χ1v) is 9.89. The van der Waals surface area contributed by atoms with E-state index in [0.717, 1.165) is 18.3 Å². The monoisotopic (exact) mass is 450 g/mol. The van der Waals surface area contributed by atoms with Crippen molar-refractivity contribution >= 4 is 11.7 Å². The number of aromatic nitrogens is 1. The van der Waals surface area contributed by atoms with Crippen molar-refractivity contribution in [3.63, 3.8) is 0 Å². The van der Waals surface area contributed by atoms with Gasteiger partial charge in [-0.25, -0.2) is 8.78 Å². The van der Waals surface area contributed by atoms with Gasteiger partial charge in [-0.3, -0.25) is 14.4 Å². The van der Waals surface area contributed by atoms with Gasteiger partial charge in [-0.2, -0.15) is 0 Å². The first-order chi connectivity index (χ1) is 15.2. The van der Waals surface area contributed by atoms with Crippen molar-refractivity contribution in [2.75, 3.05) is 20.8 Å². The standard InChI is InChI=1S/C22H24F2N2O6/c1-22(7-8-31-2)16(32-3)11-26-10-13(18(27)19(28)17(26)20(22)29)21(30)25-9-12-14(23)5-4-6-15(12)24/h4-6,10,16,28H,7-9,11H2,1-3H3,(H,25,30)/t16-,22+/m0/s1. The summed E-state index contributed by atoms with van der Waals surface area (Å²) in [7, 11) is 2.93. The van der Waals surface area contributed by atoms with Crippen LogP contribution in [0.25, 0.3) is 0 Å². The number of nitrogens with zero attached hydrogens (tertiary/aromatic N) is 1. The topological polar surface area (TPSA) is 107 Å². The minimum atomic E-state index is -1.05. The number of nitrogens with one attached hydrogen (secondary N) is 1. The molecule has 1 aliphatic rings. The predicted molar refractivity (Wildman–Crippen MR) is 110 cm³/mol. The molecule has 1 aliphatic heterocycles. The van der Waals surface area contributed by atoms with Crippen molar-refractivity contribution in [1.29, 1.82) is 0 Å². The van der Waals surface area contributed by atoms with Crippen LogP contribution >= 0.6 is 0 Å². The summed E-state index contributed by atoms with van der Waals surface area (Å²) in [5.41, 5.74) is -3.17. The van der Waals surface area contributed by atoms with Crippen molar-refractivity contribution in [1.82, 2.24) is 9.88 Å². The van der Waals surface area contributed by atoms with Gasteiger partial charge in [-0.1, -0.05) is 6.07 Å². The van der Waals surface area contributed by atoms with Crippen LogP contribution in [0.15, 0.2) is 29.2 Å². The molecule has 1 aromatic heterocycles. The zero-order chi connectivity index (χ0) is 23.6. The zero-order valence-electron chi connectivity index (χ0n) is 17.9. The molecule has 1 amide bonds. The predicted octanol–water partition coefficient (Wildman–Crippen LogP) is 2.02. The lowest BCUT2D eigenvalue weighted by molar-refractivity contribution is -0.0262. The number of fused-ring (bicyclic) bond motifs is 1. The fraction of sp³-hybridized carbons (Fsp3) is 0.409. The van der Waals surface area contributed by atoms with E-state index in [9.17, 15) is 28.3 Å². The number of Topliss-reactive ketones (excluding diaryl/α,β-unsaturated/α-hetero) is 1. The summed E-state index contributed by atoms with van der Waals surface area (Å²) in [4.78, 5) is 38.5. The van der Waals surface area contributed by atoms with Gasteiger partial charge in [0.2, 0.25) is 5.43 Å². The Balaban J connectivity index is 1.95. The number of hydrogen-bond donors (Lipinski definition) is 2. The van der Waals surface area contributed by atoms with Crippen LogP contribution in [0.5, 0.6) is 5.75 Å². The highest BCUT2D eigenvalue weighted by atomic mass is 19.1. The molecule has 2 aromatic rings. The van der Waals surface area contributed by atoms with Crippen LogP contribution in [-0.4, -0.2) is 48.3 Å². The first-order valence-electron chi connectivity index (χ1n) is 9.89. The maximum Gasteiger partial charge on any atom is 0.257 e. The number of ether oxygens (including phenoxy) is 2.